The van der Waals surface area contributed by atoms with Gasteiger partial charge in [-0.1, -0.05) is 45.0 Å². The number of hydrogen-bond donors (Lipinski definition) is 1. The largest absolute Gasteiger partial charge is 0.507 e. The summed E-state index contributed by atoms with van der Waals surface area (Å²) in [5.74, 6) is 0.408. The van der Waals surface area contributed by atoms with Crippen LogP contribution in [-0.2, 0) is 0 Å². The minimum atomic E-state index is 0.408. The van der Waals surface area contributed by atoms with Crippen molar-refractivity contribution >= 4 is 24.9 Å². The second-order valence-corrected chi connectivity index (χ2v) is 6.19. The van der Waals surface area contributed by atoms with Gasteiger partial charge >= 0.3 is 0 Å². The van der Waals surface area contributed by atoms with Gasteiger partial charge in [-0.05, 0) is 37.2 Å². The molecule has 2 aromatic carbocycles. The van der Waals surface area contributed by atoms with E-state index in [0.29, 0.717) is 14.3 Å². The number of hydrogen-bond acceptors (Lipinski definition) is 2. The Labute approximate surface area is 122 Å². The Hall–Kier alpha value is -1.66. The first-order chi connectivity index (χ1) is 9.54. The van der Waals surface area contributed by atoms with Gasteiger partial charge in [-0.15, -0.1) is 0 Å². The topological polar surface area (TPSA) is 32.6 Å². The molecule has 20 heavy (non-hydrogen) atoms. The number of para-hydroxylation sites is 1. The average Bonchev–Trinajstić information content (AvgIpc) is 2.45. The van der Waals surface area contributed by atoms with E-state index in [1.807, 2.05) is 39.1 Å². The molecule has 0 amide bonds. The molecule has 0 aliphatic heterocycles. The van der Waals surface area contributed by atoms with Crippen molar-refractivity contribution in [2.75, 3.05) is 7.05 Å². The Bertz CT molecular complexity index is 662. The van der Waals surface area contributed by atoms with Crippen molar-refractivity contribution in [2.45, 2.75) is 20.8 Å². The lowest BCUT2D eigenvalue weighted by molar-refractivity contribution is 0.475. The van der Waals surface area contributed by atoms with Crippen LogP contribution < -0.4 is 10.6 Å². The zero-order chi connectivity index (χ0) is 14.7. The zero-order valence-corrected chi connectivity index (χ0v) is 13.4. The first-order valence-electron chi connectivity index (χ1n) is 6.63. The molecule has 2 nitrogen and oxygen atoms in total. The van der Waals surface area contributed by atoms with Crippen molar-refractivity contribution < 1.29 is 5.11 Å². The van der Waals surface area contributed by atoms with E-state index in [4.69, 9.17) is 0 Å². The van der Waals surface area contributed by atoms with Crippen LogP contribution in [0, 0.1) is 13.8 Å². The van der Waals surface area contributed by atoms with Gasteiger partial charge in [0.25, 0.3) is 0 Å². The van der Waals surface area contributed by atoms with Crippen LogP contribution in [0.1, 0.15) is 23.6 Å². The molecule has 2 aromatic rings. The van der Waals surface area contributed by atoms with Crippen LogP contribution in [0.25, 0.3) is 0 Å². The highest BCUT2D eigenvalue weighted by molar-refractivity contribution is 7.56. The van der Waals surface area contributed by atoms with Gasteiger partial charge in [0.05, 0.1) is 0 Å². The SMILES string of the molecule is C/N=C(\C)c1cccc(C)c1Pc1cccc(C)c1O. The van der Waals surface area contributed by atoms with Crippen molar-refractivity contribution in [1.29, 1.82) is 0 Å². The fourth-order valence-electron chi connectivity index (χ4n) is 2.15. The van der Waals surface area contributed by atoms with Gasteiger partial charge in [0.15, 0.2) is 0 Å². The summed E-state index contributed by atoms with van der Waals surface area (Å²) in [5, 5.41) is 12.5. The van der Waals surface area contributed by atoms with Gasteiger partial charge in [-0.3, -0.25) is 4.99 Å². The van der Waals surface area contributed by atoms with Crippen LogP contribution in [-0.4, -0.2) is 17.9 Å². The van der Waals surface area contributed by atoms with E-state index >= 15 is 0 Å². The van der Waals surface area contributed by atoms with Crippen LogP contribution >= 0.6 is 8.58 Å². The number of aliphatic imine (C=N–C) groups is 1. The van der Waals surface area contributed by atoms with Gasteiger partial charge in [-0.25, -0.2) is 0 Å². The van der Waals surface area contributed by atoms with Crippen molar-refractivity contribution in [3.8, 4) is 5.75 Å². The summed E-state index contributed by atoms with van der Waals surface area (Å²) in [7, 11) is 2.25. The number of rotatable bonds is 3. The molecule has 0 aliphatic rings. The van der Waals surface area contributed by atoms with Crippen LogP contribution in [0.4, 0.5) is 0 Å². The summed E-state index contributed by atoms with van der Waals surface area (Å²) in [6.07, 6.45) is 0. The molecule has 0 saturated heterocycles. The van der Waals surface area contributed by atoms with Gasteiger partial charge < -0.3 is 5.11 Å². The quantitative estimate of drug-likeness (QED) is 0.682. The maximum atomic E-state index is 10.2. The molecule has 104 valence electrons. The zero-order valence-electron chi connectivity index (χ0n) is 12.4. The number of aryl methyl sites for hydroxylation is 2. The Morgan fingerprint density at radius 3 is 2.40 bits per heavy atom. The second kappa shape index (κ2) is 6.19. The van der Waals surface area contributed by atoms with Crippen LogP contribution in [0.2, 0.25) is 0 Å². The molecule has 3 heteroatoms. The third kappa shape index (κ3) is 2.91. The lowest BCUT2D eigenvalue weighted by Gasteiger charge is -2.14. The van der Waals surface area contributed by atoms with E-state index in [1.165, 1.54) is 16.4 Å². The van der Waals surface area contributed by atoms with E-state index in [2.05, 4.69) is 30.1 Å². The summed E-state index contributed by atoms with van der Waals surface area (Å²) >= 11 is 0. The average molecular weight is 285 g/mol. The molecule has 0 fully saturated rings. The maximum absolute atomic E-state index is 10.2. The highest BCUT2D eigenvalue weighted by atomic mass is 31.1. The van der Waals surface area contributed by atoms with Crippen LogP contribution in [0.5, 0.6) is 5.75 Å². The van der Waals surface area contributed by atoms with Crippen LogP contribution in [0.15, 0.2) is 41.4 Å². The van der Waals surface area contributed by atoms with Crippen molar-refractivity contribution in [1.82, 2.24) is 0 Å². The number of phenols is 1. The molecule has 0 heterocycles. The second-order valence-electron chi connectivity index (χ2n) is 4.90. The Morgan fingerprint density at radius 2 is 1.70 bits per heavy atom. The normalized spacial score (nSPS) is 12.3. The molecule has 2 rings (SSSR count). The smallest absolute Gasteiger partial charge is 0.126 e. The Morgan fingerprint density at radius 1 is 1.05 bits per heavy atom. The summed E-state index contributed by atoms with van der Waals surface area (Å²) in [6, 6.07) is 12.2. The predicted molar refractivity (Wildman–Crippen MR) is 89.7 cm³/mol. The molecule has 1 N–H and O–H groups in total. The van der Waals surface area contributed by atoms with Gasteiger partial charge in [-0.2, -0.15) is 0 Å². The standard InChI is InChI=1S/C17H20NOP/c1-11-7-6-10-15(16(11)19)20-17-12(2)8-5-9-14(17)13(3)18-4/h5-10,19-20H,1-4H3/b18-13+. The van der Waals surface area contributed by atoms with Crippen LogP contribution in [0.3, 0.4) is 0 Å². The monoisotopic (exact) mass is 285 g/mol. The third-order valence-corrected chi connectivity index (χ3v) is 5.08. The number of benzene rings is 2. The number of aromatic hydroxyl groups is 1. The highest BCUT2D eigenvalue weighted by Gasteiger charge is 2.11. The van der Waals surface area contributed by atoms with Gasteiger partial charge in [0.2, 0.25) is 0 Å². The van der Waals surface area contributed by atoms with Gasteiger partial charge in [0.1, 0.15) is 5.75 Å². The fourth-order valence-corrected chi connectivity index (χ4v) is 3.59. The highest BCUT2D eigenvalue weighted by Crippen LogP contribution is 2.24. The lowest BCUT2D eigenvalue weighted by Crippen LogP contribution is -2.16. The first kappa shape index (κ1) is 14.7. The molecule has 1 atom stereocenters. The Kier molecular flexibility index (Phi) is 4.57. The summed E-state index contributed by atoms with van der Waals surface area (Å²) in [6.45, 7) is 6.07. The minimum absolute atomic E-state index is 0.408. The number of phenolic OH excluding ortho intramolecular Hbond substituents is 1. The maximum Gasteiger partial charge on any atom is 0.126 e. The molecule has 1 unspecified atom stereocenters. The molecule has 0 aromatic heterocycles. The van der Waals surface area contributed by atoms with E-state index in [9.17, 15) is 5.11 Å². The molecule has 0 spiro atoms. The van der Waals surface area contributed by atoms with Gasteiger partial charge in [0, 0.05) is 23.6 Å². The van der Waals surface area contributed by atoms with E-state index in [-0.39, 0.29) is 0 Å². The molecule has 0 aliphatic carbocycles. The summed E-state index contributed by atoms with van der Waals surface area (Å²) < 4.78 is 0. The van der Waals surface area contributed by atoms with Crippen molar-refractivity contribution in [3.63, 3.8) is 0 Å². The van der Waals surface area contributed by atoms with E-state index in [1.54, 1.807) is 0 Å². The summed E-state index contributed by atoms with van der Waals surface area (Å²) in [5.41, 5.74) is 4.37. The van der Waals surface area contributed by atoms with Crippen molar-refractivity contribution in [3.05, 3.63) is 53.1 Å². The fraction of sp³-hybridized carbons (Fsp3) is 0.235. The summed E-state index contributed by atoms with van der Waals surface area (Å²) in [4.78, 5) is 4.30. The first-order valence-corrected chi connectivity index (χ1v) is 7.63. The Balaban J connectivity index is 2.51. The van der Waals surface area contributed by atoms with E-state index in [0.717, 1.165) is 16.6 Å². The molecule has 0 saturated carbocycles. The third-order valence-electron chi connectivity index (χ3n) is 3.50. The molecular formula is C17H20NOP. The predicted octanol–water partition coefficient (Wildman–Crippen LogP) is 3.08. The molecule has 0 bridgehead atoms. The number of nitrogens with zero attached hydrogens (tertiary/aromatic N) is 1. The lowest BCUT2D eigenvalue weighted by atomic mass is 10.1. The van der Waals surface area contributed by atoms with E-state index < -0.39 is 0 Å². The minimum Gasteiger partial charge on any atom is -0.507 e. The van der Waals surface area contributed by atoms with Crippen molar-refractivity contribution in [2.24, 2.45) is 4.99 Å². The molecular weight excluding hydrogens is 265 g/mol. The molecule has 0 radical (unpaired) electrons.